The van der Waals surface area contributed by atoms with Gasteiger partial charge in [-0.2, -0.15) is 0 Å². The molecule has 0 radical (unpaired) electrons. The fourth-order valence-corrected chi connectivity index (χ4v) is 9.06. The minimum Gasteiger partial charge on any atom is -0.353 e. The molecule has 0 aromatic heterocycles. The molecule has 35 heavy (non-hydrogen) atoms. The van der Waals surface area contributed by atoms with Crippen molar-refractivity contribution in [2.75, 3.05) is 19.4 Å². The molecule has 0 spiro atoms. The molecule has 2 nitrogen and oxygen atoms in total. The van der Waals surface area contributed by atoms with Gasteiger partial charge in [0.25, 0.3) is 0 Å². The fraction of sp³-hybridized carbons (Fsp3) is 0.438. The van der Waals surface area contributed by atoms with Crippen molar-refractivity contribution < 1.29 is 9.47 Å². The predicted molar refractivity (Wildman–Crippen MR) is 154 cm³/mol. The monoisotopic (exact) mass is 491 g/mol. The number of hydrogen-bond acceptors (Lipinski definition) is 2. The van der Waals surface area contributed by atoms with Crippen LogP contribution in [0, 0.1) is 0 Å². The lowest BCUT2D eigenvalue weighted by Gasteiger charge is -2.28. The lowest BCUT2D eigenvalue weighted by Crippen LogP contribution is -2.33. The molecule has 188 valence electrons. The van der Waals surface area contributed by atoms with Crippen LogP contribution in [-0.4, -0.2) is 25.7 Å². The third kappa shape index (κ3) is 8.28. The van der Waals surface area contributed by atoms with Crippen LogP contribution in [0.1, 0.15) is 65.2 Å². The Hall–Kier alpha value is -1.99. The van der Waals surface area contributed by atoms with E-state index in [0.29, 0.717) is 0 Å². The first-order valence-corrected chi connectivity index (χ1v) is 15.6. The standard InChI is InChI=1S/C32H44O2P/c1-3-5-26-33-32(34-27-6-4-2)25-17-10-18-28-35(29-19-11-7-12-20-29,30-21-13-8-14-22-30)31-23-15-9-16-24-31/h7-9,11-16,19-24,32H,3-6,10,17-18,25-28H2,1-2H3/q+1. The summed E-state index contributed by atoms with van der Waals surface area (Å²) in [6.07, 6.45) is 10.2. The number of benzene rings is 3. The zero-order chi connectivity index (χ0) is 24.6. The Bertz CT molecular complexity index is 807. The van der Waals surface area contributed by atoms with Crippen LogP contribution in [0.4, 0.5) is 0 Å². The molecule has 0 aliphatic rings. The Labute approximate surface area is 214 Å². The molecular weight excluding hydrogens is 447 g/mol. The van der Waals surface area contributed by atoms with E-state index >= 15 is 0 Å². The maximum atomic E-state index is 6.07. The summed E-state index contributed by atoms with van der Waals surface area (Å²) in [4.78, 5) is 0. The molecule has 0 saturated heterocycles. The summed E-state index contributed by atoms with van der Waals surface area (Å²) in [5.41, 5.74) is 0. The van der Waals surface area contributed by atoms with Crippen molar-refractivity contribution >= 4 is 23.2 Å². The zero-order valence-corrected chi connectivity index (χ0v) is 22.7. The summed E-state index contributed by atoms with van der Waals surface area (Å²) < 4.78 is 12.1. The first kappa shape index (κ1) is 27.6. The molecule has 3 aromatic rings. The molecule has 0 aliphatic carbocycles. The number of unbranched alkanes of at least 4 members (excludes halogenated alkanes) is 4. The van der Waals surface area contributed by atoms with Crippen molar-refractivity contribution in [2.24, 2.45) is 0 Å². The lowest BCUT2D eigenvalue weighted by atomic mass is 10.2. The van der Waals surface area contributed by atoms with Crippen LogP contribution in [0.15, 0.2) is 91.0 Å². The first-order chi connectivity index (χ1) is 17.3. The van der Waals surface area contributed by atoms with Gasteiger partial charge in [0.05, 0.1) is 6.16 Å². The molecule has 3 rings (SSSR count). The molecule has 3 heteroatoms. The van der Waals surface area contributed by atoms with E-state index in [2.05, 4.69) is 105 Å². The van der Waals surface area contributed by atoms with E-state index in [1.165, 1.54) is 34.9 Å². The maximum Gasteiger partial charge on any atom is 0.157 e. The summed E-state index contributed by atoms with van der Waals surface area (Å²) in [6, 6.07) is 33.6. The zero-order valence-electron chi connectivity index (χ0n) is 21.8. The highest BCUT2D eigenvalue weighted by Crippen LogP contribution is 2.56. The minimum absolute atomic E-state index is 0.0509. The molecule has 0 bridgehead atoms. The van der Waals surface area contributed by atoms with Gasteiger partial charge in [-0.15, -0.1) is 0 Å². The minimum atomic E-state index is -1.72. The van der Waals surface area contributed by atoms with Crippen LogP contribution < -0.4 is 15.9 Å². The van der Waals surface area contributed by atoms with Crippen molar-refractivity contribution in [1.82, 2.24) is 0 Å². The van der Waals surface area contributed by atoms with E-state index in [-0.39, 0.29) is 6.29 Å². The van der Waals surface area contributed by atoms with Gasteiger partial charge >= 0.3 is 0 Å². The molecule has 0 aliphatic heterocycles. The summed E-state index contributed by atoms with van der Waals surface area (Å²) in [5, 5.41) is 4.42. The summed E-state index contributed by atoms with van der Waals surface area (Å²) >= 11 is 0. The van der Waals surface area contributed by atoms with Crippen LogP contribution in [0.5, 0.6) is 0 Å². The average Bonchev–Trinajstić information content (AvgIpc) is 2.92. The summed E-state index contributed by atoms with van der Waals surface area (Å²) in [5.74, 6) is 0. The van der Waals surface area contributed by atoms with Gasteiger partial charge in [-0.1, -0.05) is 81.3 Å². The highest BCUT2D eigenvalue weighted by molar-refractivity contribution is 7.95. The highest BCUT2D eigenvalue weighted by Gasteiger charge is 2.44. The van der Waals surface area contributed by atoms with Crippen molar-refractivity contribution in [1.29, 1.82) is 0 Å². The smallest absolute Gasteiger partial charge is 0.157 e. The Morgan fingerprint density at radius 3 is 1.37 bits per heavy atom. The molecular formula is C32H44O2P+. The van der Waals surface area contributed by atoms with Crippen LogP contribution in [0.2, 0.25) is 0 Å². The van der Waals surface area contributed by atoms with Crippen LogP contribution in [-0.2, 0) is 9.47 Å². The van der Waals surface area contributed by atoms with E-state index in [9.17, 15) is 0 Å². The van der Waals surface area contributed by atoms with Gasteiger partial charge in [0.2, 0.25) is 0 Å². The first-order valence-electron chi connectivity index (χ1n) is 13.6. The van der Waals surface area contributed by atoms with Gasteiger partial charge in [-0.25, -0.2) is 0 Å². The third-order valence-corrected chi connectivity index (χ3v) is 11.2. The molecule has 3 aromatic carbocycles. The van der Waals surface area contributed by atoms with Gasteiger partial charge in [0, 0.05) is 13.2 Å². The number of rotatable bonds is 17. The molecule has 0 N–H and O–H groups in total. The number of ether oxygens (including phenoxy) is 2. The van der Waals surface area contributed by atoms with E-state index in [1.807, 2.05) is 0 Å². The molecule has 0 heterocycles. The Kier molecular flexibility index (Phi) is 12.5. The predicted octanol–water partition coefficient (Wildman–Crippen LogP) is 7.50. The number of hydrogen-bond donors (Lipinski definition) is 0. The Morgan fingerprint density at radius 1 is 0.543 bits per heavy atom. The van der Waals surface area contributed by atoms with E-state index in [0.717, 1.165) is 51.7 Å². The summed E-state index contributed by atoms with van der Waals surface area (Å²) in [6.45, 7) is 6.02. The van der Waals surface area contributed by atoms with Crippen molar-refractivity contribution in [2.45, 2.75) is 71.5 Å². The van der Waals surface area contributed by atoms with Crippen molar-refractivity contribution in [3.05, 3.63) is 91.0 Å². The van der Waals surface area contributed by atoms with Gasteiger partial charge in [-0.05, 0) is 74.9 Å². The molecule has 0 unspecified atom stereocenters. The normalized spacial score (nSPS) is 11.7. The largest absolute Gasteiger partial charge is 0.353 e. The second kappa shape index (κ2) is 15.9. The molecule has 0 saturated carbocycles. The van der Waals surface area contributed by atoms with Crippen LogP contribution in [0.25, 0.3) is 0 Å². The average molecular weight is 492 g/mol. The molecule has 0 amide bonds. The van der Waals surface area contributed by atoms with Gasteiger partial charge in [0.1, 0.15) is 23.2 Å². The van der Waals surface area contributed by atoms with E-state index < -0.39 is 7.26 Å². The van der Waals surface area contributed by atoms with E-state index in [4.69, 9.17) is 9.47 Å². The van der Waals surface area contributed by atoms with Gasteiger partial charge < -0.3 is 9.47 Å². The Balaban J connectivity index is 1.72. The van der Waals surface area contributed by atoms with Crippen LogP contribution >= 0.6 is 7.26 Å². The second-order valence-electron chi connectivity index (χ2n) is 9.27. The fourth-order valence-electron chi connectivity index (χ4n) is 4.65. The lowest BCUT2D eigenvalue weighted by molar-refractivity contribution is -0.147. The Morgan fingerprint density at radius 2 is 0.971 bits per heavy atom. The molecule has 0 atom stereocenters. The topological polar surface area (TPSA) is 18.5 Å². The second-order valence-corrected chi connectivity index (χ2v) is 12.9. The van der Waals surface area contributed by atoms with Crippen molar-refractivity contribution in [3.63, 3.8) is 0 Å². The SMILES string of the molecule is CCCCOC(CCCCC[P+](c1ccccc1)(c1ccccc1)c1ccccc1)OCCCC. The molecule has 0 fully saturated rings. The summed E-state index contributed by atoms with van der Waals surface area (Å²) in [7, 11) is -1.72. The highest BCUT2D eigenvalue weighted by atomic mass is 31.2. The van der Waals surface area contributed by atoms with Gasteiger partial charge in [-0.3, -0.25) is 0 Å². The van der Waals surface area contributed by atoms with Crippen molar-refractivity contribution in [3.8, 4) is 0 Å². The quantitative estimate of drug-likeness (QED) is 0.111. The van der Waals surface area contributed by atoms with Crippen LogP contribution in [0.3, 0.4) is 0 Å². The third-order valence-electron chi connectivity index (χ3n) is 6.63. The van der Waals surface area contributed by atoms with E-state index in [1.54, 1.807) is 0 Å². The maximum absolute atomic E-state index is 6.07. The van der Waals surface area contributed by atoms with Gasteiger partial charge in [0.15, 0.2) is 6.29 Å².